The quantitative estimate of drug-likeness (QED) is 0.0283. The Hall–Kier alpha value is -5.86. The molecule has 2 heterocycles. The number of rotatable bonds is 25. The number of aromatic nitrogens is 4. The molecule has 0 saturated heterocycles. The Morgan fingerprint density at radius 3 is 1.95 bits per heavy atom. The predicted molar refractivity (Wildman–Crippen MR) is 211 cm³/mol. The number of aliphatic imine (C=N–C) groups is 2. The van der Waals surface area contributed by atoms with Gasteiger partial charge in [0.2, 0.25) is 23.6 Å². The second-order valence-corrected chi connectivity index (χ2v) is 14.4. The molecule has 0 aliphatic heterocycles. The lowest BCUT2D eigenvalue weighted by molar-refractivity contribution is -0.130. The van der Waals surface area contributed by atoms with Gasteiger partial charge in [-0.15, -0.1) is 5.10 Å². The summed E-state index contributed by atoms with van der Waals surface area (Å²) in [6.07, 6.45) is 6.73. The zero-order valence-electron chi connectivity index (χ0n) is 32.7. The Morgan fingerprint density at radius 2 is 1.38 bits per heavy atom. The van der Waals surface area contributed by atoms with Gasteiger partial charge in [-0.1, -0.05) is 39.0 Å². The molecule has 21 heteroatoms. The van der Waals surface area contributed by atoms with Crippen molar-refractivity contribution >= 4 is 41.5 Å². The molecule has 21 nitrogen and oxygen atoms in total. The molecule has 0 radical (unpaired) electrons. The van der Waals surface area contributed by atoms with Crippen LogP contribution in [0.1, 0.15) is 82.3 Å². The highest BCUT2D eigenvalue weighted by atomic mass is 16.2. The van der Waals surface area contributed by atoms with Crippen LogP contribution in [-0.4, -0.2) is 105 Å². The molecule has 16 N–H and O–H groups in total. The summed E-state index contributed by atoms with van der Waals surface area (Å²) in [6, 6.07) is -0.925. The minimum absolute atomic E-state index is 0.0525. The van der Waals surface area contributed by atoms with Gasteiger partial charge in [-0.25, -0.2) is 4.68 Å². The fourth-order valence-corrected chi connectivity index (χ4v) is 5.63. The summed E-state index contributed by atoms with van der Waals surface area (Å²) in [5.74, 6) is -2.99. The van der Waals surface area contributed by atoms with Crippen LogP contribution in [0, 0.1) is 11.8 Å². The Bertz CT molecular complexity index is 1620. The second kappa shape index (κ2) is 23.8. The maximum absolute atomic E-state index is 13.8. The molecule has 310 valence electrons. The third-order valence-corrected chi connectivity index (χ3v) is 8.32. The SMILES string of the molecule is CC(C)C[C@H](NC(=O)[C@H](CCCN=C(N)N)NC(=O)c1cn(C[C@H](CCCN=C(N)N)NC(=O)[C@H](Cc2cccnc2)NC(=O)[C@@H](N)CC(C)C)nn1)C(N)=O. The monoisotopic (exact) mass is 784 g/mol. The molecule has 0 aliphatic rings. The van der Waals surface area contributed by atoms with Crippen LogP contribution in [0.5, 0.6) is 0 Å². The highest BCUT2D eigenvalue weighted by Gasteiger charge is 2.29. The molecule has 2 aromatic rings. The smallest absolute Gasteiger partial charge is 0.274 e. The zero-order valence-corrected chi connectivity index (χ0v) is 32.7. The Balaban J connectivity index is 2.29. The maximum atomic E-state index is 13.8. The van der Waals surface area contributed by atoms with E-state index in [1.54, 1.807) is 24.5 Å². The first-order valence-corrected chi connectivity index (χ1v) is 18.6. The molecule has 2 rings (SSSR count). The minimum atomic E-state index is -1.10. The van der Waals surface area contributed by atoms with Gasteiger partial charge in [-0.05, 0) is 62.0 Å². The molecule has 0 fully saturated rings. The standard InChI is InChI=1S/C35H60N16O5/c1-20(2)14-24(36)30(53)48-27(16-22-8-5-11-42-17-22)32(55)45-23(9-6-12-43-34(38)39)18-51-19-28(49-50-51)33(56)46-25(10-7-13-44-35(40)41)31(54)47-26(29(37)52)15-21(3)4/h5,8,11,17,19-21,23-27H,6-7,9-10,12-16,18,36H2,1-4H3,(H2,37,52)(H,45,55)(H,46,56)(H,47,54)(H,48,53)(H4,38,39,43)(H4,40,41,44)/t23-,24-,25-,26-,27-/m0/s1. The molecule has 56 heavy (non-hydrogen) atoms. The van der Waals surface area contributed by atoms with Crippen molar-refractivity contribution < 1.29 is 24.0 Å². The van der Waals surface area contributed by atoms with E-state index in [4.69, 9.17) is 34.4 Å². The molecular weight excluding hydrogens is 724 g/mol. The van der Waals surface area contributed by atoms with Crippen LogP contribution < -0.4 is 55.7 Å². The van der Waals surface area contributed by atoms with Crippen molar-refractivity contribution in [2.75, 3.05) is 13.1 Å². The number of guanidine groups is 2. The van der Waals surface area contributed by atoms with E-state index in [-0.39, 0.29) is 61.9 Å². The van der Waals surface area contributed by atoms with Crippen molar-refractivity contribution in [3.8, 4) is 0 Å². The first kappa shape index (κ1) is 46.3. The number of nitrogens with zero attached hydrogens (tertiary/aromatic N) is 6. The first-order valence-electron chi connectivity index (χ1n) is 18.6. The lowest BCUT2D eigenvalue weighted by Gasteiger charge is -2.25. The van der Waals surface area contributed by atoms with Gasteiger partial charge in [0.25, 0.3) is 5.91 Å². The van der Waals surface area contributed by atoms with E-state index in [1.165, 1.54) is 10.9 Å². The number of nitrogens with one attached hydrogen (secondary N) is 4. The first-order chi connectivity index (χ1) is 26.4. The summed E-state index contributed by atoms with van der Waals surface area (Å²) in [6.45, 7) is 8.18. The number of carbonyl (C=O) groups is 5. The van der Waals surface area contributed by atoms with Crippen LogP contribution in [0.2, 0.25) is 0 Å². The third kappa shape index (κ3) is 18.0. The van der Waals surface area contributed by atoms with Gasteiger partial charge in [0, 0.05) is 37.9 Å². The summed E-state index contributed by atoms with van der Waals surface area (Å²) in [4.78, 5) is 77.7. The normalized spacial score (nSPS) is 13.8. The van der Waals surface area contributed by atoms with Gasteiger partial charge >= 0.3 is 0 Å². The van der Waals surface area contributed by atoms with Crippen molar-refractivity contribution in [1.29, 1.82) is 0 Å². The van der Waals surface area contributed by atoms with Crippen LogP contribution in [0.4, 0.5) is 0 Å². The van der Waals surface area contributed by atoms with Crippen molar-refractivity contribution in [2.24, 2.45) is 56.2 Å². The zero-order chi connectivity index (χ0) is 41.8. The van der Waals surface area contributed by atoms with Gasteiger partial charge in [0.05, 0.1) is 18.8 Å². The number of primary amides is 1. The summed E-state index contributed by atoms with van der Waals surface area (Å²) < 4.78 is 1.37. The predicted octanol–water partition coefficient (Wildman–Crippen LogP) is -2.52. The average molecular weight is 785 g/mol. The lowest BCUT2D eigenvalue weighted by Crippen LogP contribution is -2.54. The molecule has 0 saturated carbocycles. The van der Waals surface area contributed by atoms with E-state index in [2.05, 4.69) is 46.5 Å². The number of amides is 5. The van der Waals surface area contributed by atoms with E-state index < -0.39 is 59.7 Å². The van der Waals surface area contributed by atoms with E-state index >= 15 is 0 Å². The van der Waals surface area contributed by atoms with Gasteiger partial charge < -0.3 is 55.7 Å². The minimum Gasteiger partial charge on any atom is -0.370 e. The molecule has 2 aromatic heterocycles. The summed E-state index contributed by atoms with van der Waals surface area (Å²) in [5, 5.41) is 19.2. The third-order valence-electron chi connectivity index (χ3n) is 8.32. The Labute approximate surface area is 327 Å². The number of carbonyl (C=O) groups excluding carboxylic acids is 5. The topological polar surface area (TPSA) is 358 Å². The molecule has 5 amide bonds. The van der Waals surface area contributed by atoms with Crippen LogP contribution in [0.25, 0.3) is 0 Å². The van der Waals surface area contributed by atoms with Crippen LogP contribution in [0.15, 0.2) is 40.7 Å². The molecule has 0 bridgehead atoms. The highest BCUT2D eigenvalue weighted by Crippen LogP contribution is 2.10. The van der Waals surface area contributed by atoms with Crippen LogP contribution in [0.3, 0.4) is 0 Å². The molecule has 0 spiro atoms. The Morgan fingerprint density at radius 1 is 0.768 bits per heavy atom. The van der Waals surface area contributed by atoms with Crippen LogP contribution in [-0.2, 0) is 32.1 Å². The fourth-order valence-electron chi connectivity index (χ4n) is 5.63. The van der Waals surface area contributed by atoms with E-state index in [1.807, 2.05) is 27.7 Å². The second-order valence-electron chi connectivity index (χ2n) is 14.4. The maximum Gasteiger partial charge on any atom is 0.274 e. The van der Waals surface area contributed by atoms with Crippen molar-refractivity contribution in [1.82, 2.24) is 41.2 Å². The number of pyridine rings is 1. The summed E-state index contributed by atoms with van der Waals surface area (Å²) in [7, 11) is 0. The highest BCUT2D eigenvalue weighted by molar-refractivity contribution is 5.97. The lowest BCUT2D eigenvalue weighted by atomic mass is 10.0. The molecule has 0 aliphatic carbocycles. The summed E-state index contributed by atoms with van der Waals surface area (Å²) >= 11 is 0. The van der Waals surface area contributed by atoms with Gasteiger partial charge in [0.15, 0.2) is 17.6 Å². The van der Waals surface area contributed by atoms with E-state index in [0.717, 1.165) is 5.56 Å². The van der Waals surface area contributed by atoms with Gasteiger partial charge in [-0.2, -0.15) is 0 Å². The average Bonchev–Trinajstić information content (AvgIpc) is 3.59. The van der Waals surface area contributed by atoms with E-state index in [9.17, 15) is 24.0 Å². The molecule has 5 atom stereocenters. The number of hydrogen-bond acceptors (Lipinski definition) is 11. The van der Waals surface area contributed by atoms with Crippen molar-refractivity contribution in [2.45, 2.75) is 109 Å². The number of hydrogen-bond donors (Lipinski definition) is 10. The molecule has 0 unspecified atom stereocenters. The van der Waals surface area contributed by atoms with Crippen molar-refractivity contribution in [3.63, 3.8) is 0 Å². The fraction of sp³-hybridized carbons (Fsp3) is 0.600. The molecular formula is C35H60N16O5. The number of nitrogens with two attached hydrogens (primary N) is 6. The largest absolute Gasteiger partial charge is 0.370 e. The van der Waals surface area contributed by atoms with Gasteiger partial charge in [0.1, 0.15) is 18.1 Å². The van der Waals surface area contributed by atoms with Crippen LogP contribution >= 0.6 is 0 Å². The molecule has 0 aromatic carbocycles. The van der Waals surface area contributed by atoms with Gasteiger partial charge in [-0.3, -0.25) is 38.9 Å². The summed E-state index contributed by atoms with van der Waals surface area (Å²) in [5.41, 5.74) is 34.1. The van der Waals surface area contributed by atoms with E-state index in [0.29, 0.717) is 32.1 Å². The van der Waals surface area contributed by atoms with Crippen molar-refractivity contribution in [3.05, 3.63) is 42.0 Å². The Kier molecular flexibility index (Phi) is 19.7.